The molecule has 0 bridgehead atoms. The first-order chi connectivity index (χ1) is 9.60. The number of carbonyl (C=O) groups excluding carboxylic acids is 1. The van der Waals surface area contributed by atoms with E-state index in [1.165, 1.54) is 0 Å². The monoisotopic (exact) mass is 283 g/mol. The lowest BCUT2D eigenvalue weighted by molar-refractivity contribution is -0.120. The largest absolute Gasteiger partial charge is 0.350 e. The van der Waals surface area contributed by atoms with Crippen LogP contribution in [0.1, 0.15) is 26.2 Å². The summed E-state index contributed by atoms with van der Waals surface area (Å²) in [5.41, 5.74) is 5.46. The molecule has 20 heavy (non-hydrogen) atoms. The van der Waals surface area contributed by atoms with Gasteiger partial charge in [0, 0.05) is 23.7 Å². The first kappa shape index (κ1) is 16.2. The third kappa shape index (κ3) is 4.70. The predicted octanol–water partition coefficient (Wildman–Crippen LogP) is 1.87. The minimum Gasteiger partial charge on any atom is -0.350 e. The molecule has 0 saturated carbocycles. The van der Waals surface area contributed by atoms with Crippen molar-refractivity contribution in [2.24, 2.45) is 5.92 Å². The number of hydrazine groups is 1. The van der Waals surface area contributed by atoms with Crippen molar-refractivity contribution in [3.05, 3.63) is 35.8 Å². The predicted molar refractivity (Wildman–Crippen MR) is 75.7 cm³/mol. The van der Waals surface area contributed by atoms with Crippen LogP contribution < -0.4 is 16.2 Å². The molecule has 0 unspecified atom stereocenters. The fraction of sp³-hybridized carbons (Fsp3) is 0.500. The maximum Gasteiger partial charge on any atom is 0.272 e. The number of nitrogens with one attached hydrogen (secondary N) is 3. The summed E-state index contributed by atoms with van der Waals surface area (Å²) in [6.45, 7) is 6.32. The van der Waals surface area contributed by atoms with Gasteiger partial charge in [-0.2, -0.15) is 0 Å². The number of rotatable bonds is 3. The van der Waals surface area contributed by atoms with E-state index in [2.05, 4.69) is 34.6 Å². The lowest BCUT2D eigenvalue weighted by Gasteiger charge is -2.17. The van der Waals surface area contributed by atoms with E-state index in [1.54, 1.807) is 13.1 Å². The first-order valence-electron chi connectivity index (χ1n) is 6.69. The van der Waals surface area contributed by atoms with Gasteiger partial charge < -0.3 is 10.7 Å². The van der Waals surface area contributed by atoms with E-state index in [0.717, 1.165) is 19.3 Å². The molecule has 3 N–H and O–H groups in total. The highest BCUT2D eigenvalue weighted by molar-refractivity contribution is 5.94. The lowest BCUT2D eigenvalue weighted by atomic mass is 10.0. The van der Waals surface area contributed by atoms with Gasteiger partial charge in [0.2, 0.25) is 5.76 Å². The zero-order valence-corrected chi connectivity index (χ0v) is 12.0. The van der Waals surface area contributed by atoms with Crippen LogP contribution in [0, 0.1) is 5.92 Å². The van der Waals surface area contributed by atoms with Gasteiger partial charge in [0.15, 0.2) is 5.70 Å². The van der Waals surface area contributed by atoms with Crippen LogP contribution in [0.4, 0.5) is 4.53 Å². The van der Waals surface area contributed by atoms with E-state index < -0.39 is 5.91 Å². The van der Waals surface area contributed by atoms with E-state index in [0.29, 0.717) is 18.0 Å². The summed E-state index contributed by atoms with van der Waals surface area (Å²) >= 11 is 0. The Morgan fingerprint density at radius 3 is 2.95 bits per heavy atom. The maximum absolute atomic E-state index is 12.8. The molecule has 1 heterocycles. The number of hydrogen-bond acceptors (Lipinski definition) is 4. The minimum atomic E-state index is -0.436. The first-order valence-corrected chi connectivity index (χ1v) is 6.69. The topological polar surface area (TPSA) is 62.4 Å². The molecule has 0 saturated heterocycles. The molecule has 0 aromatic carbocycles. The average Bonchev–Trinajstić information content (AvgIpc) is 2.43. The van der Waals surface area contributed by atoms with Gasteiger partial charge in [-0.15, -0.1) is 0 Å². The zero-order valence-electron chi connectivity index (χ0n) is 12.0. The molecule has 0 radical (unpaired) electrons. The van der Waals surface area contributed by atoms with Crippen molar-refractivity contribution in [2.45, 2.75) is 26.2 Å². The molecule has 1 rings (SSSR count). The van der Waals surface area contributed by atoms with Crippen LogP contribution in [-0.4, -0.2) is 19.5 Å². The third-order valence-electron chi connectivity index (χ3n) is 3.07. The van der Waals surface area contributed by atoms with Crippen LogP contribution in [0.25, 0.3) is 0 Å². The fourth-order valence-electron chi connectivity index (χ4n) is 1.93. The number of amides is 1. The second-order valence-corrected chi connectivity index (χ2v) is 4.83. The van der Waals surface area contributed by atoms with Crippen molar-refractivity contribution < 1.29 is 14.3 Å². The van der Waals surface area contributed by atoms with Crippen molar-refractivity contribution in [1.29, 1.82) is 0 Å². The van der Waals surface area contributed by atoms with Gasteiger partial charge in [-0.1, -0.05) is 25.7 Å². The normalized spacial score (nSPS) is 27.1. The van der Waals surface area contributed by atoms with Crippen molar-refractivity contribution in [1.82, 2.24) is 16.2 Å². The third-order valence-corrected chi connectivity index (χ3v) is 3.07. The highest BCUT2D eigenvalue weighted by Crippen LogP contribution is 2.17. The van der Waals surface area contributed by atoms with Crippen molar-refractivity contribution in [3.8, 4) is 0 Å². The number of carbonyl (C=O) groups is 1. The van der Waals surface area contributed by atoms with Crippen LogP contribution >= 0.6 is 0 Å². The van der Waals surface area contributed by atoms with Crippen molar-refractivity contribution in [3.63, 3.8) is 0 Å². The van der Waals surface area contributed by atoms with Crippen LogP contribution in [0.3, 0.4) is 0 Å². The smallest absolute Gasteiger partial charge is 0.272 e. The molecule has 112 valence electrons. The van der Waals surface area contributed by atoms with Crippen molar-refractivity contribution in [2.75, 3.05) is 13.6 Å². The van der Waals surface area contributed by atoms with Crippen LogP contribution in [0.15, 0.2) is 35.8 Å². The summed E-state index contributed by atoms with van der Waals surface area (Å²) in [5.74, 6) is -0.296. The molecule has 5 nitrogen and oxygen atoms in total. The van der Waals surface area contributed by atoms with Gasteiger partial charge in [-0.3, -0.25) is 9.74 Å². The Kier molecular flexibility index (Phi) is 6.79. The fourth-order valence-corrected chi connectivity index (χ4v) is 1.93. The summed E-state index contributed by atoms with van der Waals surface area (Å²) in [5, 5.41) is 2.76. The zero-order chi connectivity index (χ0) is 15.0. The Bertz CT molecular complexity index is 419. The van der Waals surface area contributed by atoms with Gasteiger partial charge in [0.1, 0.15) is 0 Å². The number of allylic oxidation sites excluding steroid dienone is 2. The molecule has 1 amide bonds. The lowest BCUT2D eigenvalue weighted by Crippen LogP contribution is -2.40. The van der Waals surface area contributed by atoms with E-state index in [4.69, 9.17) is 0 Å². The van der Waals surface area contributed by atoms with Gasteiger partial charge in [-0.25, -0.2) is 5.43 Å². The standard InChI is InChI=1S/C14H22FN3O2/c1-10-7-5-4-6-8-11(2)13(20-15)12(18-16-3)14(19)17-9-10/h6,8,10,16,18H,2,4-5,7,9H2,1,3H3,(H,17,19)/b8-6-,13-12+/t10-/m1/s1. The maximum atomic E-state index is 12.8. The molecule has 0 aromatic rings. The SMILES string of the molecule is C=C1/C=C\CCC[C@@H](C)CNC(=O)/C(NNC)=C/1OF. The second kappa shape index (κ2) is 8.37. The van der Waals surface area contributed by atoms with E-state index in [1.807, 2.05) is 6.08 Å². The quantitative estimate of drug-likeness (QED) is 0.692. The van der Waals surface area contributed by atoms with Crippen molar-refractivity contribution >= 4 is 5.91 Å². The Morgan fingerprint density at radius 2 is 2.30 bits per heavy atom. The number of halogens is 1. The number of hydrogen-bond donors (Lipinski definition) is 3. The van der Waals surface area contributed by atoms with Gasteiger partial charge in [0.05, 0.1) is 0 Å². The minimum absolute atomic E-state index is 0.0302. The molecule has 0 fully saturated rings. The molecule has 6 heteroatoms. The van der Waals surface area contributed by atoms with Crippen LogP contribution in [0.2, 0.25) is 0 Å². The molecule has 1 aliphatic rings. The highest BCUT2D eigenvalue weighted by Gasteiger charge is 2.20. The molecular weight excluding hydrogens is 261 g/mol. The summed E-state index contributed by atoms with van der Waals surface area (Å²) in [4.78, 5) is 15.9. The van der Waals surface area contributed by atoms with E-state index in [9.17, 15) is 9.32 Å². The van der Waals surface area contributed by atoms with Gasteiger partial charge >= 0.3 is 0 Å². The Morgan fingerprint density at radius 1 is 1.55 bits per heavy atom. The molecule has 1 atom stereocenters. The highest BCUT2D eigenvalue weighted by atomic mass is 19.3. The van der Waals surface area contributed by atoms with Gasteiger partial charge in [-0.05, 0) is 25.2 Å². The average molecular weight is 283 g/mol. The molecule has 1 aliphatic heterocycles. The molecule has 0 spiro atoms. The van der Waals surface area contributed by atoms with E-state index in [-0.39, 0.29) is 11.5 Å². The molecule has 0 aliphatic carbocycles. The summed E-state index contributed by atoms with van der Waals surface area (Å²) in [7, 11) is 1.58. The summed E-state index contributed by atoms with van der Waals surface area (Å²) in [6, 6.07) is 0. The molecule has 0 aromatic heterocycles. The Labute approximate surface area is 118 Å². The Hall–Kier alpha value is -1.82. The molecular formula is C14H22FN3O2. The van der Waals surface area contributed by atoms with Crippen LogP contribution in [0.5, 0.6) is 0 Å². The van der Waals surface area contributed by atoms with E-state index >= 15 is 0 Å². The summed E-state index contributed by atoms with van der Waals surface area (Å²) < 4.78 is 12.8. The second-order valence-electron chi connectivity index (χ2n) is 4.83. The summed E-state index contributed by atoms with van der Waals surface area (Å²) in [6.07, 6.45) is 6.47. The van der Waals surface area contributed by atoms with Gasteiger partial charge in [0.25, 0.3) is 5.91 Å². The van der Waals surface area contributed by atoms with Crippen LogP contribution in [-0.2, 0) is 9.74 Å². The Balaban J connectivity index is 3.07.